The van der Waals surface area contributed by atoms with Crippen molar-refractivity contribution >= 4 is 37.4 Å². The van der Waals surface area contributed by atoms with E-state index in [0.29, 0.717) is 0 Å². The van der Waals surface area contributed by atoms with Crippen LogP contribution in [0.15, 0.2) is 93.0 Å². The number of hydrogen-bond donors (Lipinski definition) is 0. The zero-order valence-electron chi connectivity index (χ0n) is 12.1. The second kappa shape index (κ2) is 7.26. The maximum absolute atomic E-state index is 3.63. The highest BCUT2D eigenvalue weighted by molar-refractivity contribution is 9.12. The first kappa shape index (κ1) is 15.5. The standard InChI is InChI=1S/C20H16Br2/c21-17-9-5-4-7-15(13-17)19-11-2-1-3-12-20(19)16-8-6-10-18(22)14-16/h1-4,6-10,12-14H,5,11H2. The van der Waals surface area contributed by atoms with Crippen LogP contribution in [0, 0.1) is 0 Å². The van der Waals surface area contributed by atoms with E-state index < -0.39 is 0 Å². The van der Waals surface area contributed by atoms with Crippen molar-refractivity contribution in [3.8, 4) is 0 Å². The lowest BCUT2D eigenvalue weighted by atomic mass is 9.92. The summed E-state index contributed by atoms with van der Waals surface area (Å²) in [4.78, 5) is 0. The van der Waals surface area contributed by atoms with Gasteiger partial charge in [0.15, 0.2) is 0 Å². The van der Waals surface area contributed by atoms with Gasteiger partial charge in [0, 0.05) is 8.96 Å². The van der Waals surface area contributed by atoms with Crippen LogP contribution in [0.2, 0.25) is 0 Å². The van der Waals surface area contributed by atoms with Gasteiger partial charge >= 0.3 is 0 Å². The Morgan fingerprint density at radius 1 is 0.955 bits per heavy atom. The van der Waals surface area contributed by atoms with Gasteiger partial charge in [0.1, 0.15) is 0 Å². The van der Waals surface area contributed by atoms with Crippen molar-refractivity contribution in [3.63, 3.8) is 0 Å². The minimum Gasteiger partial charge on any atom is -0.0801 e. The lowest BCUT2D eigenvalue weighted by molar-refractivity contribution is 1.25. The number of benzene rings is 1. The van der Waals surface area contributed by atoms with E-state index in [-0.39, 0.29) is 0 Å². The summed E-state index contributed by atoms with van der Waals surface area (Å²) in [5.41, 5.74) is 5.14. The molecule has 1 aromatic carbocycles. The molecular formula is C20H16Br2. The summed E-state index contributed by atoms with van der Waals surface area (Å²) in [7, 11) is 0. The molecule has 2 aliphatic carbocycles. The predicted octanol–water partition coefficient (Wildman–Crippen LogP) is 6.88. The zero-order chi connectivity index (χ0) is 15.4. The molecule has 110 valence electrons. The monoisotopic (exact) mass is 414 g/mol. The third-order valence-electron chi connectivity index (χ3n) is 3.68. The van der Waals surface area contributed by atoms with Gasteiger partial charge < -0.3 is 0 Å². The molecule has 0 amide bonds. The van der Waals surface area contributed by atoms with Gasteiger partial charge in [0.2, 0.25) is 0 Å². The summed E-state index contributed by atoms with van der Waals surface area (Å²) in [6.45, 7) is 0. The minimum atomic E-state index is 0.936. The molecule has 2 heteroatoms. The molecule has 0 saturated carbocycles. The second-order valence-corrected chi connectivity index (χ2v) is 7.05. The molecule has 0 saturated heterocycles. The van der Waals surface area contributed by atoms with Gasteiger partial charge in [0.25, 0.3) is 0 Å². The van der Waals surface area contributed by atoms with Crippen molar-refractivity contribution < 1.29 is 0 Å². The van der Waals surface area contributed by atoms with Crippen LogP contribution < -0.4 is 0 Å². The Bertz CT molecular complexity index is 756. The van der Waals surface area contributed by atoms with Crippen molar-refractivity contribution in [2.45, 2.75) is 12.8 Å². The molecule has 0 atom stereocenters. The third-order valence-corrected chi connectivity index (χ3v) is 4.73. The van der Waals surface area contributed by atoms with Gasteiger partial charge in [-0.1, -0.05) is 86.5 Å². The first-order valence-corrected chi connectivity index (χ1v) is 8.89. The molecule has 22 heavy (non-hydrogen) atoms. The molecule has 0 aliphatic heterocycles. The number of rotatable bonds is 2. The van der Waals surface area contributed by atoms with Crippen LogP contribution >= 0.6 is 31.9 Å². The first-order valence-electron chi connectivity index (χ1n) is 7.30. The molecule has 0 aromatic heterocycles. The number of hydrogen-bond acceptors (Lipinski definition) is 0. The van der Waals surface area contributed by atoms with Gasteiger partial charge in [-0.2, -0.15) is 0 Å². The summed E-state index contributed by atoms with van der Waals surface area (Å²) in [6.07, 6.45) is 19.4. The summed E-state index contributed by atoms with van der Waals surface area (Å²) in [6, 6.07) is 8.49. The zero-order valence-corrected chi connectivity index (χ0v) is 15.3. The van der Waals surface area contributed by atoms with E-state index in [4.69, 9.17) is 0 Å². The van der Waals surface area contributed by atoms with E-state index in [0.717, 1.165) is 21.8 Å². The molecule has 0 N–H and O–H groups in total. The molecule has 0 fully saturated rings. The van der Waals surface area contributed by atoms with Crippen molar-refractivity contribution in [1.29, 1.82) is 0 Å². The molecular weight excluding hydrogens is 400 g/mol. The Morgan fingerprint density at radius 3 is 2.73 bits per heavy atom. The highest BCUT2D eigenvalue weighted by Crippen LogP contribution is 2.33. The van der Waals surface area contributed by atoms with E-state index in [1.807, 2.05) is 0 Å². The molecule has 1 aromatic rings. The Balaban J connectivity index is 2.16. The van der Waals surface area contributed by atoms with E-state index in [9.17, 15) is 0 Å². The number of halogens is 2. The van der Waals surface area contributed by atoms with Gasteiger partial charge in [0.05, 0.1) is 0 Å². The van der Waals surface area contributed by atoms with Crippen molar-refractivity contribution in [2.75, 3.05) is 0 Å². The van der Waals surface area contributed by atoms with Gasteiger partial charge in [-0.25, -0.2) is 0 Å². The highest BCUT2D eigenvalue weighted by atomic mass is 79.9. The predicted molar refractivity (Wildman–Crippen MR) is 103 cm³/mol. The molecule has 0 bridgehead atoms. The molecule has 2 aliphatic rings. The smallest absolute Gasteiger partial charge is 0.0181 e. The molecule has 0 heterocycles. The number of allylic oxidation sites excluding steroid dienone is 12. The van der Waals surface area contributed by atoms with Crippen LogP contribution in [0.1, 0.15) is 18.4 Å². The fraction of sp³-hybridized carbons (Fsp3) is 0.100. The molecule has 0 nitrogen and oxygen atoms in total. The Kier molecular flexibility index (Phi) is 5.12. The minimum absolute atomic E-state index is 0.936. The first-order chi connectivity index (χ1) is 10.7. The van der Waals surface area contributed by atoms with Gasteiger partial charge in [-0.15, -0.1) is 0 Å². The summed E-state index contributed by atoms with van der Waals surface area (Å²) in [5.74, 6) is 0. The van der Waals surface area contributed by atoms with E-state index in [1.165, 1.54) is 22.3 Å². The SMILES string of the molecule is BrC1=CCC=CC(C2=C(c3cccc(Br)c3)C=CC=CC2)=C1. The van der Waals surface area contributed by atoms with Crippen LogP contribution in [0.4, 0.5) is 0 Å². The van der Waals surface area contributed by atoms with Crippen LogP contribution in [0.25, 0.3) is 5.57 Å². The molecule has 3 rings (SSSR count). The quantitative estimate of drug-likeness (QED) is 0.493. The maximum atomic E-state index is 3.63. The second-order valence-electron chi connectivity index (χ2n) is 5.22. The van der Waals surface area contributed by atoms with Crippen LogP contribution in [0.3, 0.4) is 0 Å². The summed E-state index contributed by atoms with van der Waals surface area (Å²) < 4.78 is 2.25. The Morgan fingerprint density at radius 2 is 1.86 bits per heavy atom. The van der Waals surface area contributed by atoms with Crippen LogP contribution in [-0.2, 0) is 0 Å². The fourth-order valence-electron chi connectivity index (χ4n) is 2.65. The average molecular weight is 416 g/mol. The van der Waals surface area contributed by atoms with Gasteiger partial charge in [-0.05, 0) is 53.3 Å². The summed E-state index contributed by atoms with van der Waals surface area (Å²) >= 11 is 7.21. The molecule has 0 spiro atoms. The Hall–Kier alpha value is -1.38. The molecule has 0 unspecified atom stereocenters. The van der Waals surface area contributed by atoms with Crippen LogP contribution in [-0.4, -0.2) is 0 Å². The van der Waals surface area contributed by atoms with E-state index in [2.05, 4.69) is 105 Å². The van der Waals surface area contributed by atoms with E-state index in [1.54, 1.807) is 0 Å². The largest absolute Gasteiger partial charge is 0.0801 e. The van der Waals surface area contributed by atoms with Gasteiger partial charge in [-0.3, -0.25) is 0 Å². The van der Waals surface area contributed by atoms with Crippen molar-refractivity contribution in [1.82, 2.24) is 0 Å². The maximum Gasteiger partial charge on any atom is 0.0181 e. The van der Waals surface area contributed by atoms with Crippen molar-refractivity contribution in [3.05, 3.63) is 98.5 Å². The lowest BCUT2D eigenvalue weighted by Crippen LogP contribution is -1.93. The normalized spacial score (nSPS) is 17.9. The third kappa shape index (κ3) is 3.68. The topological polar surface area (TPSA) is 0 Å². The Labute approximate surface area is 148 Å². The summed E-state index contributed by atoms with van der Waals surface area (Å²) in [5, 5.41) is 0. The van der Waals surface area contributed by atoms with E-state index >= 15 is 0 Å². The van der Waals surface area contributed by atoms with Crippen molar-refractivity contribution in [2.24, 2.45) is 0 Å². The van der Waals surface area contributed by atoms with Crippen LogP contribution in [0.5, 0.6) is 0 Å². The highest BCUT2D eigenvalue weighted by Gasteiger charge is 2.12. The fourth-order valence-corrected chi connectivity index (χ4v) is 3.48. The lowest BCUT2D eigenvalue weighted by Gasteiger charge is -2.13. The molecule has 0 radical (unpaired) electrons. The average Bonchev–Trinajstić information content (AvgIpc) is 2.87.